The van der Waals surface area contributed by atoms with E-state index in [0.29, 0.717) is 13.2 Å². The molecule has 0 aliphatic carbocycles. The van der Waals surface area contributed by atoms with Gasteiger partial charge in [0.1, 0.15) is 35.7 Å². The molecule has 0 saturated heterocycles. The molecule has 4 heteroatoms. The topological polar surface area (TPSA) is 44.2 Å². The maximum absolute atomic E-state index is 6.06. The van der Waals surface area contributed by atoms with Crippen molar-refractivity contribution in [3.63, 3.8) is 0 Å². The van der Waals surface area contributed by atoms with Crippen LogP contribution in [0.2, 0.25) is 0 Å². The van der Waals surface area contributed by atoms with Gasteiger partial charge in [-0.1, -0.05) is 72.8 Å². The Labute approximate surface area is 174 Å². The van der Waals surface area contributed by atoms with Crippen LogP contribution in [0.3, 0.4) is 0 Å². The minimum absolute atomic E-state index is 0.486. The minimum atomic E-state index is 0.486. The predicted molar refractivity (Wildman–Crippen MR) is 119 cm³/mol. The van der Waals surface area contributed by atoms with Crippen molar-refractivity contribution in [1.82, 2.24) is 9.97 Å². The number of hydrogen-bond donors (Lipinski definition) is 0. The Morgan fingerprint density at radius 2 is 0.900 bits per heavy atom. The van der Waals surface area contributed by atoms with E-state index >= 15 is 0 Å². The molecular formula is C26H20N2O2. The van der Waals surface area contributed by atoms with E-state index in [2.05, 4.69) is 0 Å². The van der Waals surface area contributed by atoms with Crippen molar-refractivity contribution in [2.75, 3.05) is 0 Å². The molecule has 146 valence electrons. The molecule has 4 nitrogen and oxygen atoms in total. The van der Waals surface area contributed by atoms with E-state index in [1.165, 1.54) is 0 Å². The van der Waals surface area contributed by atoms with Gasteiger partial charge in [0.25, 0.3) is 0 Å². The molecule has 0 N–H and O–H groups in total. The van der Waals surface area contributed by atoms with Gasteiger partial charge in [-0.3, -0.25) is 0 Å². The molecule has 30 heavy (non-hydrogen) atoms. The predicted octanol–water partition coefficient (Wildman–Crippen LogP) is 5.94. The molecule has 0 spiro atoms. The highest BCUT2D eigenvalue weighted by atomic mass is 16.5. The van der Waals surface area contributed by atoms with E-state index in [9.17, 15) is 0 Å². The molecule has 5 rings (SSSR count). The van der Waals surface area contributed by atoms with Crippen LogP contribution in [-0.2, 0) is 13.2 Å². The van der Waals surface area contributed by atoms with Crippen LogP contribution in [0.15, 0.2) is 97.1 Å². The summed E-state index contributed by atoms with van der Waals surface area (Å²) in [5, 5.41) is 0. The first kappa shape index (κ1) is 18.1. The van der Waals surface area contributed by atoms with Gasteiger partial charge in [-0.2, -0.15) is 0 Å². The number of hydrogen-bond acceptors (Lipinski definition) is 4. The molecule has 0 atom stereocenters. The van der Waals surface area contributed by atoms with Gasteiger partial charge in [0.15, 0.2) is 0 Å². The number of nitrogens with zero attached hydrogens (tertiary/aromatic N) is 2. The highest BCUT2D eigenvalue weighted by Crippen LogP contribution is 2.29. The lowest BCUT2D eigenvalue weighted by Crippen LogP contribution is -1.99. The zero-order valence-electron chi connectivity index (χ0n) is 16.4. The first-order chi connectivity index (χ1) is 14.9. The number of aromatic nitrogens is 2. The van der Waals surface area contributed by atoms with Crippen LogP contribution in [0, 0.1) is 0 Å². The fraction of sp³-hybridized carbons (Fsp3) is 0.0769. The highest BCUT2D eigenvalue weighted by Gasteiger charge is 2.11. The van der Waals surface area contributed by atoms with Crippen molar-refractivity contribution in [2.24, 2.45) is 0 Å². The second kappa shape index (κ2) is 8.21. The fourth-order valence-corrected chi connectivity index (χ4v) is 3.37. The lowest BCUT2D eigenvalue weighted by molar-refractivity contribution is 0.308. The SMILES string of the molecule is c1ccc(COc2cccc3nc4c(OCc5ccccc5)cccc4nc23)cc1. The molecule has 0 fully saturated rings. The van der Waals surface area contributed by atoms with Gasteiger partial charge < -0.3 is 9.47 Å². The average Bonchev–Trinajstić information content (AvgIpc) is 2.81. The number of benzene rings is 4. The van der Waals surface area contributed by atoms with Gasteiger partial charge in [-0.25, -0.2) is 9.97 Å². The molecular weight excluding hydrogens is 372 g/mol. The summed E-state index contributed by atoms with van der Waals surface area (Å²) in [5.74, 6) is 1.45. The third kappa shape index (κ3) is 3.80. The maximum Gasteiger partial charge on any atom is 0.147 e. The summed E-state index contributed by atoms with van der Waals surface area (Å²) >= 11 is 0. The average molecular weight is 392 g/mol. The fourth-order valence-electron chi connectivity index (χ4n) is 3.37. The Hall–Kier alpha value is -3.92. The van der Waals surface area contributed by atoms with E-state index in [-0.39, 0.29) is 0 Å². The van der Waals surface area contributed by atoms with Gasteiger partial charge in [-0.05, 0) is 35.4 Å². The van der Waals surface area contributed by atoms with Crippen LogP contribution in [0.4, 0.5) is 0 Å². The summed E-state index contributed by atoms with van der Waals surface area (Å²) in [4.78, 5) is 9.68. The van der Waals surface area contributed by atoms with E-state index < -0.39 is 0 Å². The molecule has 5 aromatic rings. The van der Waals surface area contributed by atoms with Gasteiger partial charge in [0.2, 0.25) is 0 Å². The van der Waals surface area contributed by atoms with Crippen LogP contribution in [0.25, 0.3) is 22.1 Å². The first-order valence-corrected chi connectivity index (χ1v) is 9.90. The molecule has 1 aromatic heterocycles. The van der Waals surface area contributed by atoms with Crippen molar-refractivity contribution >= 4 is 22.1 Å². The first-order valence-electron chi connectivity index (χ1n) is 9.90. The van der Waals surface area contributed by atoms with Crippen LogP contribution < -0.4 is 9.47 Å². The van der Waals surface area contributed by atoms with E-state index in [1.807, 2.05) is 97.1 Å². The van der Waals surface area contributed by atoms with E-state index in [1.54, 1.807) is 0 Å². The number of fused-ring (bicyclic) bond motifs is 2. The third-order valence-electron chi connectivity index (χ3n) is 4.89. The Morgan fingerprint density at radius 1 is 0.467 bits per heavy atom. The summed E-state index contributed by atoms with van der Waals surface area (Å²) in [6.45, 7) is 0.972. The largest absolute Gasteiger partial charge is 0.487 e. The smallest absolute Gasteiger partial charge is 0.147 e. The second-order valence-electron chi connectivity index (χ2n) is 7.02. The monoisotopic (exact) mass is 392 g/mol. The number of rotatable bonds is 6. The molecule has 4 aromatic carbocycles. The van der Waals surface area contributed by atoms with Gasteiger partial charge in [-0.15, -0.1) is 0 Å². The van der Waals surface area contributed by atoms with Gasteiger partial charge >= 0.3 is 0 Å². The van der Waals surface area contributed by atoms with Crippen molar-refractivity contribution in [2.45, 2.75) is 13.2 Å². The summed E-state index contributed by atoms with van der Waals surface area (Å²) in [7, 11) is 0. The van der Waals surface area contributed by atoms with Crippen molar-refractivity contribution in [1.29, 1.82) is 0 Å². The van der Waals surface area contributed by atoms with Gasteiger partial charge in [0, 0.05) is 0 Å². The van der Waals surface area contributed by atoms with Crippen LogP contribution in [0.5, 0.6) is 11.5 Å². The lowest BCUT2D eigenvalue weighted by atomic mass is 10.2. The van der Waals surface area contributed by atoms with Crippen molar-refractivity contribution < 1.29 is 9.47 Å². The number of para-hydroxylation sites is 2. The Bertz CT molecular complexity index is 1190. The van der Waals surface area contributed by atoms with E-state index in [4.69, 9.17) is 19.4 Å². The summed E-state index contributed by atoms with van der Waals surface area (Å²) in [6.07, 6.45) is 0. The Kier molecular flexibility index (Phi) is 4.96. The minimum Gasteiger partial charge on any atom is -0.487 e. The molecule has 0 aliphatic rings. The van der Waals surface area contributed by atoms with E-state index in [0.717, 1.165) is 44.7 Å². The molecule has 0 amide bonds. The van der Waals surface area contributed by atoms with Crippen molar-refractivity contribution in [3.8, 4) is 11.5 Å². The zero-order chi connectivity index (χ0) is 20.2. The molecule has 0 radical (unpaired) electrons. The normalized spacial score (nSPS) is 10.9. The summed E-state index contributed by atoms with van der Waals surface area (Å²) in [6, 6.07) is 31.8. The lowest BCUT2D eigenvalue weighted by Gasteiger charge is -2.11. The molecule has 0 aliphatic heterocycles. The summed E-state index contributed by atoms with van der Waals surface area (Å²) < 4.78 is 12.1. The molecule has 1 heterocycles. The molecule has 0 bridgehead atoms. The molecule has 0 unspecified atom stereocenters. The zero-order valence-corrected chi connectivity index (χ0v) is 16.4. The quantitative estimate of drug-likeness (QED) is 0.335. The Balaban J connectivity index is 1.47. The van der Waals surface area contributed by atoms with Crippen LogP contribution >= 0.6 is 0 Å². The standard InChI is InChI=1S/C26H20N2O2/c1-3-9-19(10-4-1)17-29-23-15-7-13-21-25(23)27-22-14-8-16-24(26(22)28-21)30-18-20-11-5-2-6-12-20/h1-16H,17-18H2. The molecule has 0 saturated carbocycles. The van der Waals surface area contributed by atoms with Crippen LogP contribution in [0.1, 0.15) is 11.1 Å². The maximum atomic E-state index is 6.06. The summed E-state index contributed by atoms with van der Waals surface area (Å²) in [5.41, 5.74) is 5.29. The number of ether oxygens (including phenoxy) is 2. The second-order valence-corrected chi connectivity index (χ2v) is 7.02. The van der Waals surface area contributed by atoms with Crippen LogP contribution in [-0.4, -0.2) is 9.97 Å². The third-order valence-corrected chi connectivity index (χ3v) is 4.89. The van der Waals surface area contributed by atoms with Crippen molar-refractivity contribution in [3.05, 3.63) is 108 Å². The van der Waals surface area contributed by atoms with Gasteiger partial charge in [0.05, 0.1) is 11.0 Å². The Morgan fingerprint density at radius 3 is 1.33 bits per heavy atom. The highest BCUT2D eigenvalue weighted by molar-refractivity contribution is 5.92.